The third-order valence-corrected chi connectivity index (χ3v) is 3.69. The Morgan fingerprint density at radius 1 is 1.17 bits per heavy atom. The van der Waals surface area contributed by atoms with Crippen molar-refractivity contribution < 1.29 is 0 Å². The van der Waals surface area contributed by atoms with Crippen molar-refractivity contribution in [3.8, 4) is 0 Å². The number of piperazine rings is 1. The summed E-state index contributed by atoms with van der Waals surface area (Å²) in [5, 5.41) is 3.39. The monoisotopic (exact) mass is 244 g/mol. The van der Waals surface area contributed by atoms with E-state index in [0.29, 0.717) is 0 Å². The lowest BCUT2D eigenvalue weighted by Gasteiger charge is -2.27. The third kappa shape index (κ3) is 2.26. The number of para-hydroxylation sites is 2. The van der Waals surface area contributed by atoms with Crippen molar-refractivity contribution in [1.29, 1.82) is 0 Å². The SMILES string of the molecule is Cc1nc2ccccc2n1CCN1CCNCC1. The van der Waals surface area contributed by atoms with Gasteiger partial charge in [-0.25, -0.2) is 4.98 Å². The van der Waals surface area contributed by atoms with Crippen LogP contribution in [0.2, 0.25) is 0 Å². The largest absolute Gasteiger partial charge is 0.327 e. The van der Waals surface area contributed by atoms with E-state index in [4.69, 9.17) is 0 Å². The maximum atomic E-state index is 4.61. The molecule has 0 aliphatic carbocycles. The first kappa shape index (κ1) is 11.7. The van der Waals surface area contributed by atoms with E-state index in [2.05, 4.69) is 51.0 Å². The number of aryl methyl sites for hydroxylation is 1. The average molecular weight is 244 g/mol. The van der Waals surface area contributed by atoms with E-state index >= 15 is 0 Å². The molecule has 18 heavy (non-hydrogen) atoms. The molecule has 1 aliphatic heterocycles. The highest BCUT2D eigenvalue weighted by Crippen LogP contribution is 2.15. The first-order valence-electron chi connectivity index (χ1n) is 6.69. The van der Waals surface area contributed by atoms with Gasteiger partial charge in [-0.2, -0.15) is 0 Å². The number of rotatable bonds is 3. The van der Waals surface area contributed by atoms with Crippen LogP contribution in [0.1, 0.15) is 5.82 Å². The molecule has 0 bridgehead atoms. The van der Waals surface area contributed by atoms with Crippen LogP contribution in [0.4, 0.5) is 0 Å². The van der Waals surface area contributed by atoms with Gasteiger partial charge < -0.3 is 9.88 Å². The lowest BCUT2D eigenvalue weighted by atomic mass is 10.3. The second-order valence-electron chi connectivity index (χ2n) is 4.89. The van der Waals surface area contributed by atoms with Crippen LogP contribution in [0.25, 0.3) is 11.0 Å². The predicted molar refractivity (Wildman–Crippen MR) is 73.8 cm³/mol. The van der Waals surface area contributed by atoms with Crippen LogP contribution in [-0.2, 0) is 6.54 Å². The van der Waals surface area contributed by atoms with E-state index in [-0.39, 0.29) is 0 Å². The molecule has 0 unspecified atom stereocenters. The first-order valence-corrected chi connectivity index (χ1v) is 6.69. The normalized spacial score (nSPS) is 17.4. The number of hydrogen-bond donors (Lipinski definition) is 1. The van der Waals surface area contributed by atoms with Crippen LogP contribution in [0.15, 0.2) is 24.3 Å². The Morgan fingerprint density at radius 3 is 2.78 bits per heavy atom. The fourth-order valence-electron chi connectivity index (χ4n) is 2.65. The fraction of sp³-hybridized carbons (Fsp3) is 0.500. The van der Waals surface area contributed by atoms with Gasteiger partial charge in [0.25, 0.3) is 0 Å². The van der Waals surface area contributed by atoms with Crippen molar-refractivity contribution >= 4 is 11.0 Å². The highest BCUT2D eigenvalue weighted by Gasteiger charge is 2.11. The Hall–Kier alpha value is -1.39. The summed E-state index contributed by atoms with van der Waals surface area (Å²) >= 11 is 0. The van der Waals surface area contributed by atoms with Gasteiger partial charge in [0.2, 0.25) is 0 Å². The average Bonchev–Trinajstić information content (AvgIpc) is 2.73. The summed E-state index contributed by atoms with van der Waals surface area (Å²) in [6.45, 7) is 8.79. The van der Waals surface area contributed by atoms with Crippen LogP contribution in [0.3, 0.4) is 0 Å². The molecule has 2 aromatic rings. The summed E-state index contributed by atoms with van der Waals surface area (Å²) in [6, 6.07) is 8.39. The van der Waals surface area contributed by atoms with Gasteiger partial charge in [0.1, 0.15) is 5.82 Å². The van der Waals surface area contributed by atoms with Crippen molar-refractivity contribution in [2.75, 3.05) is 32.7 Å². The Kier molecular flexibility index (Phi) is 3.30. The molecular weight excluding hydrogens is 224 g/mol. The van der Waals surface area contributed by atoms with Crippen LogP contribution in [0.5, 0.6) is 0 Å². The van der Waals surface area contributed by atoms with Gasteiger partial charge >= 0.3 is 0 Å². The topological polar surface area (TPSA) is 33.1 Å². The molecule has 4 heteroatoms. The summed E-state index contributed by atoms with van der Waals surface area (Å²) in [7, 11) is 0. The Balaban J connectivity index is 1.75. The van der Waals surface area contributed by atoms with Crippen molar-refractivity contribution in [2.24, 2.45) is 0 Å². The lowest BCUT2D eigenvalue weighted by molar-refractivity contribution is 0.233. The minimum atomic E-state index is 1.03. The van der Waals surface area contributed by atoms with Crippen molar-refractivity contribution in [3.05, 3.63) is 30.1 Å². The van der Waals surface area contributed by atoms with Crippen molar-refractivity contribution in [1.82, 2.24) is 19.8 Å². The molecule has 0 saturated carbocycles. The number of fused-ring (bicyclic) bond motifs is 1. The molecule has 0 spiro atoms. The zero-order valence-electron chi connectivity index (χ0n) is 10.9. The zero-order valence-corrected chi connectivity index (χ0v) is 10.9. The van der Waals surface area contributed by atoms with Gasteiger partial charge in [-0.1, -0.05) is 12.1 Å². The summed E-state index contributed by atoms with van der Waals surface area (Å²) < 4.78 is 2.33. The van der Waals surface area contributed by atoms with Crippen LogP contribution < -0.4 is 5.32 Å². The van der Waals surface area contributed by atoms with Gasteiger partial charge in [-0.05, 0) is 19.1 Å². The minimum Gasteiger partial charge on any atom is -0.327 e. The highest BCUT2D eigenvalue weighted by molar-refractivity contribution is 5.75. The number of aromatic nitrogens is 2. The lowest BCUT2D eigenvalue weighted by Crippen LogP contribution is -2.44. The molecule has 0 atom stereocenters. The number of nitrogens with one attached hydrogen (secondary N) is 1. The molecule has 4 nitrogen and oxygen atoms in total. The summed E-state index contributed by atoms with van der Waals surface area (Å²) in [5.74, 6) is 1.12. The Bertz CT molecular complexity index is 526. The Morgan fingerprint density at radius 2 is 1.94 bits per heavy atom. The van der Waals surface area contributed by atoms with Gasteiger partial charge in [-0.15, -0.1) is 0 Å². The molecule has 1 aromatic heterocycles. The Labute approximate surface area is 108 Å². The number of hydrogen-bond acceptors (Lipinski definition) is 3. The van der Waals surface area contributed by atoms with E-state index in [1.807, 2.05) is 0 Å². The molecule has 96 valence electrons. The molecule has 2 heterocycles. The molecule has 1 saturated heterocycles. The summed E-state index contributed by atoms with van der Waals surface area (Å²) in [4.78, 5) is 7.13. The molecule has 0 amide bonds. The maximum Gasteiger partial charge on any atom is 0.106 e. The second kappa shape index (κ2) is 5.08. The smallest absolute Gasteiger partial charge is 0.106 e. The highest BCUT2D eigenvalue weighted by atomic mass is 15.2. The quantitative estimate of drug-likeness (QED) is 0.882. The van der Waals surface area contributed by atoms with Gasteiger partial charge in [-0.3, -0.25) is 4.90 Å². The van der Waals surface area contributed by atoms with E-state index < -0.39 is 0 Å². The second-order valence-corrected chi connectivity index (χ2v) is 4.89. The zero-order chi connectivity index (χ0) is 12.4. The van der Waals surface area contributed by atoms with Crippen LogP contribution in [-0.4, -0.2) is 47.2 Å². The van der Waals surface area contributed by atoms with Gasteiger partial charge in [0.15, 0.2) is 0 Å². The third-order valence-electron chi connectivity index (χ3n) is 3.69. The van der Waals surface area contributed by atoms with Crippen LogP contribution >= 0.6 is 0 Å². The van der Waals surface area contributed by atoms with E-state index in [1.54, 1.807) is 0 Å². The summed E-state index contributed by atoms with van der Waals surface area (Å²) in [5.41, 5.74) is 2.36. The van der Waals surface area contributed by atoms with Crippen molar-refractivity contribution in [2.45, 2.75) is 13.5 Å². The van der Waals surface area contributed by atoms with E-state index in [0.717, 1.165) is 50.6 Å². The van der Waals surface area contributed by atoms with E-state index in [9.17, 15) is 0 Å². The van der Waals surface area contributed by atoms with Gasteiger partial charge in [0, 0.05) is 39.3 Å². The molecule has 1 aromatic carbocycles. The molecule has 3 rings (SSSR count). The molecule has 0 radical (unpaired) electrons. The first-order chi connectivity index (χ1) is 8.84. The van der Waals surface area contributed by atoms with Crippen LogP contribution in [0, 0.1) is 6.92 Å². The van der Waals surface area contributed by atoms with Crippen molar-refractivity contribution in [3.63, 3.8) is 0 Å². The number of nitrogens with zero attached hydrogens (tertiary/aromatic N) is 3. The summed E-state index contributed by atoms with van der Waals surface area (Å²) in [6.07, 6.45) is 0. The molecular formula is C14H20N4. The minimum absolute atomic E-state index is 1.03. The maximum absolute atomic E-state index is 4.61. The fourth-order valence-corrected chi connectivity index (χ4v) is 2.65. The predicted octanol–water partition coefficient (Wildman–Crippen LogP) is 1.25. The van der Waals surface area contributed by atoms with Gasteiger partial charge in [0.05, 0.1) is 11.0 Å². The molecule has 1 aliphatic rings. The number of benzene rings is 1. The standard InChI is InChI=1S/C14H20N4/c1-12-16-13-4-2-3-5-14(13)18(12)11-10-17-8-6-15-7-9-17/h2-5,15H,6-11H2,1H3. The molecule has 1 fully saturated rings. The van der Waals surface area contributed by atoms with E-state index in [1.165, 1.54) is 5.52 Å². The molecule has 1 N–H and O–H groups in total. The number of imidazole rings is 1.